The summed E-state index contributed by atoms with van der Waals surface area (Å²) in [6, 6.07) is 5.72. The zero-order valence-corrected chi connectivity index (χ0v) is 15.5. The Morgan fingerprint density at radius 2 is 2.04 bits per heavy atom. The summed E-state index contributed by atoms with van der Waals surface area (Å²) in [5, 5.41) is 4.45. The summed E-state index contributed by atoms with van der Waals surface area (Å²) in [5.41, 5.74) is 0.0904. The molecule has 0 aliphatic carbocycles. The first-order chi connectivity index (χ1) is 12.2. The number of aromatic nitrogens is 2. The summed E-state index contributed by atoms with van der Waals surface area (Å²) >= 11 is 1.31. The third-order valence-electron chi connectivity index (χ3n) is 3.77. The van der Waals surface area contributed by atoms with Gasteiger partial charge in [0.1, 0.15) is 12.4 Å². The Kier molecular flexibility index (Phi) is 4.95. The predicted octanol–water partition coefficient (Wildman–Crippen LogP) is 3.41. The minimum absolute atomic E-state index is 0.0581. The van der Waals surface area contributed by atoms with E-state index < -0.39 is 5.41 Å². The predicted molar refractivity (Wildman–Crippen MR) is 95.2 cm³/mol. The van der Waals surface area contributed by atoms with Crippen LogP contribution in [0.15, 0.2) is 39.9 Å². The van der Waals surface area contributed by atoms with Gasteiger partial charge in [0, 0.05) is 17.1 Å². The van der Waals surface area contributed by atoms with Crippen LogP contribution in [0.1, 0.15) is 26.7 Å². The monoisotopic (exact) mass is 375 g/mol. The second-order valence-corrected chi connectivity index (χ2v) is 7.88. The first kappa shape index (κ1) is 18.3. The summed E-state index contributed by atoms with van der Waals surface area (Å²) in [5.74, 6) is 0.296. The molecule has 0 N–H and O–H groups in total. The van der Waals surface area contributed by atoms with Crippen molar-refractivity contribution in [1.82, 2.24) is 15.0 Å². The first-order valence-corrected chi connectivity index (χ1v) is 9.00. The van der Waals surface area contributed by atoms with Gasteiger partial charge in [0.2, 0.25) is 17.6 Å². The van der Waals surface area contributed by atoms with Crippen molar-refractivity contribution in [2.24, 2.45) is 5.41 Å². The van der Waals surface area contributed by atoms with Crippen molar-refractivity contribution in [2.75, 3.05) is 5.75 Å². The van der Waals surface area contributed by atoms with Gasteiger partial charge in [-0.1, -0.05) is 37.7 Å². The highest BCUT2D eigenvalue weighted by molar-refractivity contribution is 8.04. The van der Waals surface area contributed by atoms with Crippen LogP contribution in [0, 0.1) is 11.2 Å². The lowest BCUT2D eigenvalue weighted by molar-refractivity contribution is -0.126. The molecule has 1 aliphatic rings. The molecule has 1 aliphatic heterocycles. The number of hydrogen-bond donors (Lipinski definition) is 0. The number of benzene rings is 1. The maximum atomic E-state index is 13.0. The molecule has 0 spiro atoms. The summed E-state index contributed by atoms with van der Waals surface area (Å²) in [6.07, 6.45) is 1.49. The number of allylic oxidation sites excluding steroid dienone is 1. The lowest BCUT2D eigenvalue weighted by Crippen LogP contribution is -2.26. The molecule has 136 valence electrons. The fourth-order valence-corrected chi connectivity index (χ4v) is 3.14. The van der Waals surface area contributed by atoms with Crippen LogP contribution in [0.25, 0.3) is 11.4 Å². The summed E-state index contributed by atoms with van der Waals surface area (Å²) in [7, 11) is 0. The van der Waals surface area contributed by atoms with Crippen LogP contribution in [-0.2, 0) is 16.1 Å². The van der Waals surface area contributed by atoms with E-state index in [1.165, 1.54) is 34.9 Å². The van der Waals surface area contributed by atoms with Gasteiger partial charge in [0.15, 0.2) is 5.78 Å². The molecule has 8 heteroatoms. The maximum Gasteiger partial charge on any atom is 0.247 e. The number of rotatable bonds is 4. The number of carbonyl (C=O) groups excluding carboxylic acids is 2. The zero-order chi connectivity index (χ0) is 18.9. The van der Waals surface area contributed by atoms with E-state index in [1.807, 2.05) is 20.8 Å². The van der Waals surface area contributed by atoms with Crippen LogP contribution in [0.4, 0.5) is 4.39 Å². The fraction of sp³-hybridized carbons (Fsp3) is 0.333. The van der Waals surface area contributed by atoms with Crippen LogP contribution in [0.2, 0.25) is 0 Å². The van der Waals surface area contributed by atoms with Crippen molar-refractivity contribution in [3.05, 3.63) is 47.1 Å². The molecule has 3 rings (SSSR count). The van der Waals surface area contributed by atoms with Crippen LogP contribution in [0.5, 0.6) is 0 Å². The van der Waals surface area contributed by atoms with E-state index in [1.54, 1.807) is 12.1 Å². The highest BCUT2D eigenvalue weighted by atomic mass is 32.2. The van der Waals surface area contributed by atoms with Crippen LogP contribution < -0.4 is 0 Å². The molecule has 0 radical (unpaired) electrons. The minimum atomic E-state index is -0.523. The molecule has 0 saturated carbocycles. The molecule has 26 heavy (non-hydrogen) atoms. The van der Waals surface area contributed by atoms with E-state index in [4.69, 9.17) is 4.52 Å². The van der Waals surface area contributed by atoms with Crippen molar-refractivity contribution in [2.45, 2.75) is 27.3 Å². The molecule has 6 nitrogen and oxygen atoms in total. The van der Waals surface area contributed by atoms with Gasteiger partial charge in [-0.2, -0.15) is 4.98 Å². The van der Waals surface area contributed by atoms with Gasteiger partial charge in [-0.25, -0.2) is 4.39 Å². The molecule has 0 bridgehead atoms. The average molecular weight is 375 g/mol. The second kappa shape index (κ2) is 7.03. The van der Waals surface area contributed by atoms with Gasteiger partial charge in [0.25, 0.3) is 0 Å². The van der Waals surface area contributed by atoms with Crippen LogP contribution in [0.3, 0.4) is 0 Å². The van der Waals surface area contributed by atoms with Crippen molar-refractivity contribution >= 4 is 23.5 Å². The van der Waals surface area contributed by atoms with E-state index in [0.717, 1.165) is 0 Å². The molecular weight excluding hydrogens is 357 g/mol. The number of halogens is 1. The molecule has 0 atom stereocenters. The molecule has 2 heterocycles. The Labute approximate surface area is 154 Å². The maximum absolute atomic E-state index is 13.0. The van der Waals surface area contributed by atoms with E-state index in [9.17, 15) is 14.0 Å². The van der Waals surface area contributed by atoms with E-state index in [-0.39, 0.29) is 35.7 Å². The normalized spacial score (nSPS) is 16.5. The van der Waals surface area contributed by atoms with Crippen LogP contribution in [-0.4, -0.2) is 32.5 Å². The summed E-state index contributed by atoms with van der Waals surface area (Å²) in [4.78, 5) is 30.1. The van der Waals surface area contributed by atoms with Crippen molar-refractivity contribution in [3.63, 3.8) is 0 Å². The molecule has 1 fully saturated rings. The smallest absolute Gasteiger partial charge is 0.247 e. The van der Waals surface area contributed by atoms with Gasteiger partial charge in [-0.05, 0) is 24.3 Å². The lowest BCUT2D eigenvalue weighted by atomic mass is 9.91. The van der Waals surface area contributed by atoms with Gasteiger partial charge in [0.05, 0.1) is 10.8 Å². The van der Waals surface area contributed by atoms with Gasteiger partial charge in [-0.3, -0.25) is 14.5 Å². The van der Waals surface area contributed by atoms with Crippen LogP contribution >= 0.6 is 11.8 Å². The fourth-order valence-electron chi connectivity index (χ4n) is 2.20. The number of carbonyl (C=O) groups is 2. The largest absolute Gasteiger partial charge is 0.337 e. The third kappa shape index (κ3) is 4.01. The lowest BCUT2D eigenvalue weighted by Gasteiger charge is -2.17. The Hall–Kier alpha value is -2.48. The summed E-state index contributed by atoms with van der Waals surface area (Å²) < 4.78 is 18.2. The van der Waals surface area contributed by atoms with E-state index in [2.05, 4.69) is 10.1 Å². The molecule has 1 saturated heterocycles. The molecule has 1 aromatic heterocycles. The van der Waals surface area contributed by atoms with Gasteiger partial charge < -0.3 is 4.52 Å². The number of amides is 1. The molecular formula is C18H18FN3O3S. The highest BCUT2D eigenvalue weighted by Gasteiger charge is 2.30. The number of hydrogen-bond acceptors (Lipinski definition) is 6. The SMILES string of the molecule is CC(C)(C)C(=O)/C=C1\SCC(=O)N1Cc1nc(-c2ccc(F)cc2)no1. The highest BCUT2D eigenvalue weighted by Crippen LogP contribution is 2.32. The Bertz CT molecular complexity index is 869. The minimum Gasteiger partial charge on any atom is -0.337 e. The Morgan fingerprint density at radius 3 is 2.69 bits per heavy atom. The number of ketones is 1. The van der Waals surface area contributed by atoms with E-state index in [0.29, 0.717) is 16.4 Å². The molecule has 1 amide bonds. The van der Waals surface area contributed by atoms with Gasteiger partial charge >= 0.3 is 0 Å². The van der Waals surface area contributed by atoms with Crippen molar-refractivity contribution in [3.8, 4) is 11.4 Å². The topological polar surface area (TPSA) is 76.3 Å². The van der Waals surface area contributed by atoms with Crippen molar-refractivity contribution in [1.29, 1.82) is 0 Å². The third-order valence-corrected chi connectivity index (χ3v) is 4.79. The first-order valence-electron chi connectivity index (χ1n) is 8.02. The standard InChI is InChI=1S/C18H18FN3O3S/c1-18(2,3)13(23)8-16-22(15(24)10-26-16)9-14-20-17(21-25-14)11-4-6-12(19)7-5-11/h4-8H,9-10H2,1-3H3/b16-8-. The zero-order valence-electron chi connectivity index (χ0n) is 14.7. The number of thioether (sulfide) groups is 1. The van der Waals surface area contributed by atoms with E-state index >= 15 is 0 Å². The Morgan fingerprint density at radius 1 is 1.35 bits per heavy atom. The Balaban J connectivity index is 1.79. The summed E-state index contributed by atoms with van der Waals surface area (Å²) in [6.45, 7) is 5.56. The van der Waals surface area contributed by atoms with Gasteiger partial charge in [-0.15, -0.1) is 0 Å². The second-order valence-electron chi connectivity index (χ2n) is 6.88. The number of nitrogens with zero attached hydrogens (tertiary/aromatic N) is 3. The molecule has 0 unspecified atom stereocenters. The van der Waals surface area contributed by atoms with Crippen molar-refractivity contribution < 1.29 is 18.5 Å². The molecule has 1 aromatic carbocycles. The quantitative estimate of drug-likeness (QED) is 0.762. The molecule has 2 aromatic rings. The average Bonchev–Trinajstić information content (AvgIpc) is 3.17.